The minimum Gasteiger partial charge on any atom is -0.486 e. The van der Waals surface area contributed by atoms with Crippen LogP contribution in [0.2, 0.25) is 0 Å². The molecule has 30 heavy (non-hydrogen) atoms. The van der Waals surface area contributed by atoms with E-state index >= 15 is 0 Å². The topological polar surface area (TPSA) is 79.8 Å². The first-order valence-corrected chi connectivity index (χ1v) is 11.0. The number of hydrogen-bond donors (Lipinski definition) is 1. The third-order valence-electron chi connectivity index (χ3n) is 5.14. The average Bonchev–Trinajstić information content (AvgIpc) is 2.74. The highest BCUT2D eigenvalue weighted by molar-refractivity contribution is 9.10. The number of benzene rings is 1. The number of aromatic nitrogens is 2. The third kappa shape index (κ3) is 4.45. The van der Waals surface area contributed by atoms with Crippen molar-refractivity contribution in [3.8, 4) is 11.5 Å². The number of anilines is 2. The molecule has 1 N–H and O–H groups in total. The Morgan fingerprint density at radius 2 is 1.73 bits per heavy atom. The molecule has 1 fully saturated rings. The maximum atomic E-state index is 12.8. The number of fused-ring (bicyclic) bond motifs is 1. The number of nitrogens with one attached hydrogen (secondary N) is 1. The number of amides is 2. The van der Waals surface area contributed by atoms with E-state index in [1.54, 1.807) is 6.07 Å². The molecule has 4 rings (SSSR count). The first-order chi connectivity index (χ1) is 14.4. The Labute approximate surface area is 184 Å². The molecule has 0 spiro atoms. The molecule has 0 unspecified atom stereocenters. The molecule has 1 aromatic carbocycles. The maximum absolute atomic E-state index is 12.8. The molecule has 2 aliphatic rings. The van der Waals surface area contributed by atoms with E-state index in [2.05, 4.69) is 45.0 Å². The molecule has 160 valence electrons. The Balaban J connectivity index is 1.39. The van der Waals surface area contributed by atoms with Crippen molar-refractivity contribution >= 4 is 33.5 Å². The van der Waals surface area contributed by atoms with Crippen molar-refractivity contribution in [1.82, 2.24) is 14.9 Å². The van der Waals surface area contributed by atoms with Crippen molar-refractivity contribution in [3.05, 3.63) is 34.2 Å². The molecular formula is C21H26BrN5O3. The molecule has 2 aromatic rings. The smallest absolute Gasteiger partial charge is 0.322 e. The van der Waals surface area contributed by atoms with Gasteiger partial charge in [0.1, 0.15) is 24.9 Å². The first kappa shape index (κ1) is 20.7. The van der Waals surface area contributed by atoms with Crippen LogP contribution < -0.4 is 19.7 Å². The minimum absolute atomic E-state index is 0.131. The number of carbonyl (C=O) groups excluding carboxylic acids is 1. The van der Waals surface area contributed by atoms with Crippen LogP contribution in [0.5, 0.6) is 11.5 Å². The summed E-state index contributed by atoms with van der Waals surface area (Å²) in [6, 6.07) is 5.50. The van der Waals surface area contributed by atoms with Crippen molar-refractivity contribution in [3.63, 3.8) is 0 Å². The van der Waals surface area contributed by atoms with Gasteiger partial charge in [-0.1, -0.05) is 13.8 Å². The highest BCUT2D eigenvalue weighted by Gasteiger charge is 2.24. The normalized spacial score (nSPS) is 16.0. The van der Waals surface area contributed by atoms with Crippen LogP contribution in [0.1, 0.15) is 31.3 Å². The molecule has 8 nitrogen and oxygen atoms in total. The quantitative estimate of drug-likeness (QED) is 0.726. The highest BCUT2D eigenvalue weighted by Crippen LogP contribution is 2.38. The van der Waals surface area contributed by atoms with Crippen molar-refractivity contribution < 1.29 is 14.3 Å². The number of aryl methyl sites for hydroxylation is 1. The van der Waals surface area contributed by atoms with Crippen molar-refractivity contribution in [2.24, 2.45) is 0 Å². The molecule has 0 radical (unpaired) electrons. The van der Waals surface area contributed by atoms with Gasteiger partial charge in [-0.05, 0) is 22.9 Å². The molecule has 0 atom stereocenters. The molecule has 2 amide bonds. The molecule has 0 aliphatic carbocycles. The number of halogens is 1. The zero-order chi connectivity index (χ0) is 21.3. The van der Waals surface area contributed by atoms with E-state index in [0.717, 1.165) is 34.9 Å². The fourth-order valence-electron chi connectivity index (χ4n) is 3.49. The molecule has 3 heterocycles. The van der Waals surface area contributed by atoms with E-state index in [0.29, 0.717) is 43.5 Å². The average molecular weight is 476 g/mol. The van der Waals surface area contributed by atoms with Gasteiger partial charge >= 0.3 is 6.03 Å². The van der Waals surface area contributed by atoms with Gasteiger partial charge in [0.15, 0.2) is 11.5 Å². The van der Waals surface area contributed by atoms with Crippen molar-refractivity contribution in [2.75, 3.05) is 49.6 Å². The number of hydrogen-bond acceptors (Lipinski definition) is 6. The van der Waals surface area contributed by atoms with E-state index in [1.165, 1.54) is 0 Å². The van der Waals surface area contributed by atoms with E-state index in [4.69, 9.17) is 14.5 Å². The van der Waals surface area contributed by atoms with Crippen LogP contribution in [-0.2, 0) is 0 Å². The Kier molecular flexibility index (Phi) is 5.99. The summed E-state index contributed by atoms with van der Waals surface area (Å²) in [4.78, 5) is 26.1. The van der Waals surface area contributed by atoms with Crippen LogP contribution in [0.15, 0.2) is 22.7 Å². The van der Waals surface area contributed by atoms with E-state index in [9.17, 15) is 4.79 Å². The summed E-state index contributed by atoms with van der Waals surface area (Å²) in [5, 5.41) is 2.98. The first-order valence-electron chi connectivity index (χ1n) is 10.2. The number of nitrogens with zero attached hydrogens (tertiary/aromatic N) is 4. The van der Waals surface area contributed by atoms with Gasteiger partial charge in [-0.2, -0.15) is 0 Å². The van der Waals surface area contributed by atoms with Crippen LogP contribution in [0.4, 0.5) is 16.3 Å². The van der Waals surface area contributed by atoms with Crippen LogP contribution in [0.3, 0.4) is 0 Å². The minimum atomic E-state index is -0.131. The lowest BCUT2D eigenvalue weighted by Gasteiger charge is -2.35. The van der Waals surface area contributed by atoms with Crippen molar-refractivity contribution in [1.29, 1.82) is 0 Å². The summed E-state index contributed by atoms with van der Waals surface area (Å²) < 4.78 is 11.9. The fourth-order valence-corrected chi connectivity index (χ4v) is 3.91. The van der Waals surface area contributed by atoms with Gasteiger partial charge in [0.05, 0.1) is 5.69 Å². The van der Waals surface area contributed by atoms with Gasteiger partial charge in [0.25, 0.3) is 0 Å². The second-order valence-corrected chi connectivity index (χ2v) is 8.61. The van der Waals surface area contributed by atoms with Gasteiger partial charge in [0, 0.05) is 60.5 Å². The summed E-state index contributed by atoms with van der Waals surface area (Å²) in [6.45, 7) is 9.90. The lowest BCUT2D eigenvalue weighted by atomic mass is 10.2. The molecule has 1 saturated heterocycles. The van der Waals surface area contributed by atoms with Gasteiger partial charge in [-0.25, -0.2) is 14.8 Å². The van der Waals surface area contributed by atoms with Gasteiger partial charge < -0.3 is 24.6 Å². The number of urea groups is 1. The number of rotatable bonds is 3. The van der Waals surface area contributed by atoms with Crippen LogP contribution in [0, 0.1) is 6.92 Å². The second-order valence-electron chi connectivity index (χ2n) is 7.76. The zero-order valence-electron chi connectivity index (χ0n) is 17.4. The summed E-state index contributed by atoms with van der Waals surface area (Å²) in [5.74, 6) is 3.39. The molecular weight excluding hydrogens is 450 g/mol. The molecule has 2 aliphatic heterocycles. The van der Waals surface area contributed by atoms with E-state index in [1.807, 2.05) is 24.0 Å². The molecule has 0 bridgehead atoms. The molecule has 9 heteroatoms. The van der Waals surface area contributed by atoms with E-state index < -0.39 is 0 Å². The third-order valence-corrected chi connectivity index (χ3v) is 5.79. The van der Waals surface area contributed by atoms with Gasteiger partial charge in [0.2, 0.25) is 0 Å². The fraction of sp³-hybridized carbons (Fsp3) is 0.476. The van der Waals surface area contributed by atoms with Crippen LogP contribution >= 0.6 is 15.9 Å². The second kappa shape index (κ2) is 8.67. The Hall–Kier alpha value is -2.55. The summed E-state index contributed by atoms with van der Waals surface area (Å²) in [6.07, 6.45) is 0. The standard InChI is InChI=1S/C21H26BrN5O3/c1-13(2)20-23-14(3)10-19(25-20)26-4-6-27(7-5-26)21(28)24-16-12-18-17(11-15(16)22)29-8-9-30-18/h10-13H,4-9H2,1-3H3,(H,24,28). The molecule has 1 aromatic heterocycles. The number of carbonyl (C=O) groups is 1. The Morgan fingerprint density at radius 1 is 1.07 bits per heavy atom. The largest absolute Gasteiger partial charge is 0.486 e. The number of ether oxygens (including phenoxy) is 2. The van der Waals surface area contributed by atoms with Crippen LogP contribution in [0.25, 0.3) is 0 Å². The van der Waals surface area contributed by atoms with Gasteiger partial charge in [-0.3, -0.25) is 0 Å². The van der Waals surface area contributed by atoms with Crippen LogP contribution in [-0.4, -0.2) is 60.3 Å². The maximum Gasteiger partial charge on any atom is 0.322 e. The zero-order valence-corrected chi connectivity index (χ0v) is 19.0. The summed E-state index contributed by atoms with van der Waals surface area (Å²) >= 11 is 3.50. The van der Waals surface area contributed by atoms with E-state index in [-0.39, 0.29) is 11.9 Å². The predicted molar refractivity (Wildman–Crippen MR) is 119 cm³/mol. The van der Waals surface area contributed by atoms with Gasteiger partial charge in [-0.15, -0.1) is 0 Å². The predicted octanol–water partition coefficient (Wildman–Crippen LogP) is 3.80. The monoisotopic (exact) mass is 475 g/mol. The summed E-state index contributed by atoms with van der Waals surface area (Å²) in [7, 11) is 0. The lowest BCUT2D eigenvalue weighted by molar-refractivity contribution is 0.171. The van der Waals surface area contributed by atoms with Crippen molar-refractivity contribution in [2.45, 2.75) is 26.7 Å². The Morgan fingerprint density at radius 3 is 2.40 bits per heavy atom. The summed E-state index contributed by atoms with van der Waals surface area (Å²) in [5.41, 5.74) is 1.63. The number of piperazine rings is 1. The SMILES string of the molecule is Cc1cc(N2CCN(C(=O)Nc3cc4c(cc3Br)OCCO4)CC2)nc(C(C)C)n1. The molecule has 0 saturated carbocycles. The Bertz CT molecular complexity index is 944. The highest BCUT2D eigenvalue weighted by atomic mass is 79.9. The lowest BCUT2D eigenvalue weighted by Crippen LogP contribution is -2.50.